The quantitative estimate of drug-likeness (QED) is 0.682. The maximum Gasteiger partial charge on any atom is 0.271 e. The Morgan fingerprint density at radius 3 is 2.36 bits per heavy atom. The monoisotopic (exact) mass is 304 g/mol. The van der Waals surface area contributed by atoms with E-state index < -0.39 is 4.92 Å². The van der Waals surface area contributed by atoms with Gasteiger partial charge in [0.25, 0.3) is 11.6 Å². The van der Waals surface area contributed by atoms with Crippen LogP contribution in [-0.2, 0) is 0 Å². The molecule has 1 fully saturated rings. The van der Waals surface area contributed by atoms with Crippen molar-refractivity contribution >= 4 is 17.3 Å². The summed E-state index contributed by atoms with van der Waals surface area (Å²) in [6.07, 6.45) is 1.69. The predicted molar refractivity (Wildman–Crippen MR) is 83.9 cm³/mol. The number of hydrogen-bond acceptors (Lipinski definition) is 5. The summed E-state index contributed by atoms with van der Waals surface area (Å²) >= 11 is 0. The van der Waals surface area contributed by atoms with E-state index in [9.17, 15) is 14.9 Å². The first kappa shape index (κ1) is 16.1. The molecule has 0 aromatic heterocycles. The first-order valence-electron chi connectivity index (χ1n) is 7.31. The van der Waals surface area contributed by atoms with Crippen LogP contribution in [-0.4, -0.2) is 40.6 Å². The molecule has 0 atom stereocenters. The van der Waals surface area contributed by atoms with E-state index in [0.29, 0.717) is 11.6 Å². The third-order valence-electron chi connectivity index (χ3n) is 3.76. The van der Waals surface area contributed by atoms with Crippen LogP contribution in [0.1, 0.15) is 37.0 Å². The molecule has 0 spiro atoms. The van der Waals surface area contributed by atoms with Gasteiger partial charge in [-0.1, -0.05) is 0 Å². The predicted octanol–water partition coefficient (Wildman–Crippen LogP) is 2.18. The lowest BCUT2D eigenvalue weighted by Crippen LogP contribution is -2.39. The fourth-order valence-electron chi connectivity index (χ4n) is 2.34. The Hall–Kier alpha value is -2.28. The van der Waals surface area contributed by atoms with Crippen LogP contribution in [0.2, 0.25) is 0 Å². The van der Waals surface area contributed by atoms with Crippen molar-refractivity contribution in [3.8, 4) is 0 Å². The number of likely N-dealkylation sites (tertiary alicyclic amines) is 1. The van der Waals surface area contributed by atoms with E-state index in [1.165, 1.54) is 24.3 Å². The van der Waals surface area contributed by atoms with Crippen molar-refractivity contribution in [2.45, 2.75) is 32.7 Å². The highest BCUT2D eigenvalue weighted by molar-refractivity contribution is 5.95. The van der Waals surface area contributed by atoms with Crippen LogP contribution in [0.25, 0.3) is 0 Å². The van der Waals surface area contributed by atoms with Crippen molar-refractivity contribution in [2.24, 2.45) is 5.10 Å². The largest absolute Gasteiger partial charge is 0.300 e. The van der Waals surface area contributed by atoms with Gasteiger partial charge in [0, 0.05) is 55.4 Å². The Bertz CT molecular complexity index is 571. The molecule has 1 heterocycles. The van der Waals surface area contributed by atoms with Crippen molar-refractivity contribution in [1.29, 1.82) is 0 Å². The summed E-state index contributed by atoms with van der Waals surface area (Å²) in [5.74, 6) is -0.353. The smallest absolute Gasteiger partial charge is 0.271 e. The summed E-state index contributed by atoms with van der Waals surface area (Å²) < 4.78 is 0. The van der Waals surface area contributed by atoms with Crippen LogP contribution in [0.15, 0.2) is 29.4 Å². The number of benzene rings is 1. The average molecular weight is 304 g/mol. The molecule has 0 unspecified atom stereocenters. The minimum Gasteiger partial charge on any atom is -0.300 e. The number of nitrogens with one attached hydrogen (secondary N) is 1. The number of nitrogens with zero attached hydrogens (tertiary/aromatic N) is 3. The standard InChI is InChI=1S/C15H20N4O3/c1-11(2)18-9-7-13(8-10-18)16-17-15(20)12-3-5-14(6-4-12)19(21)22/h3-6,11H,7-10H2,1-2H3,(H,17,20). The number of hydrogen-bond donors (Lipinski definition) is 1. The number of rotatable bonds is 4. The second-order valence-electron chi connectivity index (χ2n) is 5.55. The van der Waals surface area contributed by atoms with Gasteiger partial charge < -0.3 is 4.90 Å². The van der Waals surface area contributed by atoms with E-state index in [-0.39, 0.29) is 11.6 Å². The number of piperidine rings is 1. The number of carbonyl (C=O) groups excluding carboxylic acids is 1. The highest BCUT2D eigenvalue weighted by Gasteiger charge is 2.17. The van der Waals surface area contributed by atoms with E-state index in [1.807, 2.05) is 0 Å². The van der Waals surface area contributed by atoms with Gasteiger partial charge in [-0.25, -0.2) is 5.43 Å². The highest BCUT2D eigenvalue weighted by Crippen LogP contribution is 2.12. The molecule has 0 radical (unpaired) electrons. The molecule has 0 bridgehead atoms. The molecule has 1 amide bonds. The number of hydrazone groups is 1. The molecule has 7 heteroatoms. The molecule has 2 rings (SSSR count). The lowest BCUT2D eigenvalue weighted by atomic mass is 10.1. The van der Waals surface area contributed by atoms with Gasteiger partial charge in [0.1, 0.15) is 0 Å². The van der Waals surface area contributed by atoms with E-state index in [0.717, 1.165) is 31.6 Å². The van der Waals surface area contributed by atoms with Gasteiger partial charge in [-0.2, -0.15) is 5.10 Å². The molecule has 1 aliphatic heterocycles. The van der Waals surface area contributed by atoms with Gasteiger partial charge >= 0.3 is 0 Å². The van der Waals surface area contributed by atoms with Crippen molar-refractivity contribution < 1.29 is 9.72 Å². The van der Waals surface area contributed by atoms with Gasteiger partial charge in [-0.15, -0.1) is 0 Å². The third-order valence-corrected chi connectivity index (χ3v) is 3.76. The van der Waals surface area contributed by atoms with Crippen molar-refractivity contribution in [3.63, 3.8) is 0 Å². The Morgan fingerprint density at radius 2 is 1.86 bits per heavy atom. The molecule has 1 N–H and O–H groups in total. The van der Waals surface area contributed by atoms with Crippen LogP contribution in [0.5, 0.6) is 0 Å². The zero-order chi connectivity index (χ0) is 16.1. The number of carbonyl (C=O) groups is 1. The van der Waals surface area contributed by atoms with Gasteiger partial charge in [0.2, 0.25) is 0 Å². The summed E-state index contributed by atoms with van der Waals surface area (Å²) in [6.45, 7) is 6.23. The first-order valence-corrected chi connectivity index (χ1v) is 7.31. The highest BCUT2D eigenvalue weighted by atomic mass is 16.6. The number of non-ortho nitro benzene ring substituents is 1. The molecule has 0 saturated carbocycles. The van der Waals surface area contributed by atoms with Gasteiger partial charge in [-0.3, -0.25) is 14.9 Å². The van der Waals surface area contributed by atoms with Crippen LogP contribution in [0.3, 0.4) is 0 Å². The van der Waals surface area contributed by atoms with Crippen LogP contribution >= 0.6 is 0 Å². The van der Waals surface area contributed by atoms with Crippen molar-refractivity contribution in [3.05, 3.63) is 39.9 Å². The molecule has 0 aliphatic carbocycles. The second-order valence-corrected chi connectivity index (χ2v) is 5.55. The summed E-state index contributed by atoms with van der Waals surface area (Å²) in [7, 11) is 0. The number of nitro groups is 1. The Balaban J connectivity index is 1.90. The molecule has 118 valence electrons. The van der Waals surface area contributed by atoms with Crippen molar-refractivity contribution in [1.82, 2.24) is 10.3 Å². The van der Waals surface area contributed by atoms with Gasteiger partial charge in [0.05, 0.1) is 4.92 Å². The minimum atomic E-state index is -0.496. The van der Waals surface area contributed by atoms with E-state index in [4.69, 9.17) is 0 Å². The SMILES string of the molecule is CC(C)N1CCC(=NNC(=O)c2ccc([N+](=O)[O-])cc2)CC1. The Morgan fingerprint density at radius 1 is 1.27 bits per heavy atom. The van der Waals surface area contributed by atoms with E-state index in [2.05, 4.69) is 29.3 Å². The summed E-state index contributed by atoms with van der Waals surface area (Å²) in [5, 5.41) is 14.7. The minimum absolute atomic E-state index is 0.0380. The topological polar surface area (TPSA) is 87.8 Å². The lowest BCUT2D eigenvalue weighted by Gasteiger charge is -2.30. The van der Waals surface area contributed by atoms with Gasteiger partial charge in [-0.05, 0) is 26.0 Å². The lowest BCUT2D eigenvalue weighted by molar-refractivity contribution is -0.384. The van der Waals surface area contributed by atoms with Crippen molar-refractivity contribution in [2.75, 3.05) is 13.1 Å². The summed E-state index contributed by atoms with van der Waals surface area (Å²) in [4.78, 5) is 24.4. The number of nitro benzene ring substituents is 1. The third kappa shape index (κ3) is 4.11. The van der Waals surface area contributed by atoms with E-state index >= 15 is 0 Å². The molecule has 1 saturated heterocycles. The molecular formula is C15H20N4O3. The molecule has 1 aliphatic rings. The second kappa shape index (κ2) is 7.13. The van der Waals surface area contributed by atoms with Crippen LogP contribution < -0.4 is 5.43 Å². The summed E-state index contributed by atoms with van der Waals surface area (Å²) in [5.41, 5.74) is 3.82. The average Bonchev–Trinajstić information content (AvgIpc) is 2.53. The maximum absolute atomic E-state index is 11.9. The van der Waals surface area contributed by atoms with Gasteiger partial charge in [0.15, 0.2) is 0 Å². The fraction of sp³-hybridized carbons (Fsp3) is 0.467. The Labute approximate surface area is 129 Å². The molecule has 1 aromatic carbocycles. The zero-order valence-corrected chi connectivity index (χ0v) is 12.8. The van der Waals surface area contributed by atoms with Crippen LogP contribution in [0.4, 0.5) is 5.69 Å². The van der Waals surface area contributed by atoms with E-state index in [1.54, 1.807) is 0 Å². The first-order chi connectivity index (χ1) is 10.5. The molecule has 22 heavy (non-hydrogen) atoms. The maximum atomic E-state index is 11.9. The summed E-state index contributed by atoms with van der Waals surface area (Å²) in [6, 6.07) is 5.99. The zero-order valence-electron chi connectivity index (χ0n) is 12.8. The molecule has 7 nitrogen and oxygen atoms in total. The normalized spacial score (nSPS) is 15.7. The Kier molecular flexibility index (Phi) is 5.21. The van der Waals surface area contributed by atoms with Crippen LogP contribution in [0, 0.1) is 10.1 Å². The fourth-order valence-corrected chi connectivity index (χ4v) is 2.34. The molecule has 1 aromatic rings. The molecular weight excluding hydrogens is 284 g/mol. The number of amides is 1.